The molecule has 132 valence electrons. The van der Waals surface area contributed by atoms with Crippen molar-refractivity contribution >= 4 is 22.0 Å². The van der Waals surface area contributed by atoms with Crippen molar-refractivity contribution in [3.63, 3.8) is 0 Å². The molecule has 1 aromatic rings. The number of rotatable bonds is 5. The summed E-state index contributed by atoms with van der Waals surface area (Å²) in [7, 11) is -3.61. The third-order valence-corrected chi connectivity index (χ3v) is 5.92. The number of amidine groups is 1. The number of nitrogens with zero attached hydrogens (tertiary/aromatic N) is 2. The van der Waals surface area contributed by atoms with Crippen molar-refractivity contribution in [1.82, 2.24) is 9.62 Å². The fourth-order valence-corrected chi connectivity index (χ4v) is 4.06. The van der Waals surface area contributed by atoms with Crippen LogP contribution in [-0.2, 0) is 10.0 Å². The van der Waals surface area contributed by atoms with Crippen molar-refractivity contribution in [2.45, 2.75) is 17.7 Å². The maximum absolute atomic E-state index is 12.6. The van der Waals surface area contributed by atoms with E-state index in [9.17, 15) is 13.2 Å². The van der Waals surface area contributed by atoms with Crippen molar-refractivity contribution in [1.29, 1.82) is 0 Å². The van der Waals surface area contributed by atoms with Gasteiger partial charge in [0.05, 0.1) is 4.90 Å². The second-order valence-electron chi connectivity index (χ2n) is 5.54. The van der Waals surface area contributed by atoms with Crippen LogP contribution in [0.2, 0.25) is 0 Å². The molecule has 0 radical (unpaired) electrons. The Hall–Kier alpha value is -2.33. The summed E-state index contributed by atoms with van der Waals surface area (Å²) in [6.45, 7) is 1.02. The lowest BCUT2D eigenvalue weighted by Gasteiger charge is -2.31. The van der Waals surface area contributed by atoms with Gasteiger partial charge in [0.25, 0.3) is 0 Å². The van der Waals surface area contributed by atoms with Crippen LogP contribution in [0.3, 0.4) is 0 Å². The summed E-state index contributed by atoms with van der Waals surface area (Å²) < 4.78 is 26.6. The molecular weight excluding hydrogens is 336 g/mol. The van der Waals surface area contributed by atoms with E-state index in [-0.39, 0.29) is 16.6 Å². The van der Waals surface area contributed by atoms with E-state index < -0.39 is 16.1 Å². The summed E-state index contributed by atoms with van der Waals surface area (Å²) in [6, 6.07) is 5.79. The first-order chi connectivity index (χ1) is 11.3. The van der Waals surface area contributed by atoms with E-state index in [1.807, 2.05) is 0 Å². The second-order valence-corrected chi connectivity index (χ2v) is 7.48. The quantitative estimate of drug-likeness (QED) is 0.261. The molecule has 1 heterocycles. The number of nitrogens with one attached hydrogen (secondary N) is 1. The lowest BCUT2D eigenvalue weighted by atomic mass is 9.98. The number of amides is 1. The van der Waals surface area contributed by atoms with Gasteiger partial charge in [-0.15, -0.1) is 0 Å². The smallest absolute Gasteiger partial charge is 0.404 e. The second kappa shape index (κ2) is 7.49. The molecule has 2 rings (SSSR count). The first-order valence-corrected chi connectivity index (χ1v) is 8.83. The molecular formula is C14H20N4O5S. The molecule has 1 aliphatic heterocycles. The SMILES string of the molecule is N/C(=N\O)c1ccc(S(=O)(=O)N2CCC(CNC(=O)O)CC2)cc1. The molecule has 0 unspecified atom stereocenters. The fourth-order valence-electron chi connectivity index (χ4n) is 2.59. The summed E-state index contributed by atoms with van der Waals surface area (Å²) in [4.78, 5) is 10.6. The summed E-state index contributed by atoms with van der Waals surface area (Å²) >= 11 is 0. The average molecular weight is 356 g/mol. The maximum atomic E-state index is 12.6. The Morgan fingerprint density at radius 1 is 1.29 bits per heavy atom. The van der Waals surface area contributed by atoms with Crippen LogP contribution in [0.25, 0.3) is 0 Å². The first-order valence-electron chi connectivity index (χ1n) is 7.39. The highest BCUT2D eigenvalue weighted by Gasteiger charge is 2.29. The Bertz CT molecular complexity index is 709. The summed E-state index contributed by atoms with van der Waals surface area (Å²) in [6.07, 6.45) is 0.125. The molecule has 9 nitrogen and oxygen atoms in total. The lowest BCUT2D eigenvalue weighted by molar-refractivity contribution is 0.188. The predicted octanol–water partition coefficient (Wildman–Crippen LogP) is 0.449. The van der Waals surface area contributed by atoms with Crippen LogP contribution in [0.5, 0.6) is 0 Å². The Morgan fingerprint density at radius 3 is 2.38 bits per heavy atom. The normalized spacial score (nSPS) is 17.6. The molecule has 5 N–H and O–H groups in total. The zero-order valence-electron chi connectivity index (χ0n) is 12.9. The van der Waals surface area contributed by atoms with Crippen LogP contribution in [0.15, 0.2) is 34.3 Å². The number of oxime groups is 1. The van der Waals surface area contributed by atoms with Crippen molar-refractivity contribution in [2.75, 3.05) is 19.6 Å². The molecule has 0 spiro atoms. The largest absolute Gasteiger partial charge is 0.465 e. The number of piperidine rings is 1. The molecule has 1 saturated heterocycles. The minimum Gasteiger partial charge on any atom is -0.465 e. The molecule has 1 fully saturated rings. The minimum atomic E-state index is -3.61. The first kappa shape index (κ1) is 18.0. The number of hydrogen-bond acceptors (Lipinski definition) is 5. The highest BCUT2D eigenvalue weighted by Crippen LogP contribution is 2.23. The molecule has 0 aromatic heterocycles. The van der Waals surface area contributed by atoms with Gasteiger partial charge in [0.2, 0.25) is 10.0 Å². The molecule has 1 aliphatic rings. The zero-order valence-corrected chi connectivity index (χ0v) is 13.7. The van der Waals surface area contributed by atoms with Crippen molar-refractivity contribution in [2.24, 2.45) is 16.8 Å². The topological polar surface area (TPSA) is 145 Å². The van der Waals surface area contributed by atoms with Gasteiger partial charge in [0.15, 0.2) is 5.84 Å². The monoisotopic (exact) mass is 356 g/mol. The molecule has 0 atom stereocenters. The molecule has 1 aromatic carbocycles. The standard InChI is InChI=1S/C14H20N4O5S/c15-13(17-21)11-1-3-12(4-2-11)24(22,23)18-7-5-10(6-8-18)9-16-14(19)20/h1-4,10,16,21H,5-9H2,(H2,15,17)(H,19,20). The van der Waals surface area contributed by atoms with Crippen LogP contribution in [0.1, 0.15) is 18.4 Å². The van der Waals surface area contributed by atoms with Crippen LogP contribution < -0.4 is 11.1 Å². The molecule has 24 heavy (non-hydrogen) atoms. The van der Waals surface area contributed by atoms with Gasteiger partial charge in [-0.2, -0.15) is 4.31 Å². The Balaban J connectivity index is 2.02. The maximum Gasteiger partial charge on any atom is 0.404 e. The molecule has 0 aliphatic carbocycles. The van der Waals surface area contributed by atoms with Crippen LogP contribution >= 0.6 is 0 Å². The lowest BCUT2D eigenvalue weighted by Crippen LogP contribution is -2.41. The number of sulfonamides is 1. The summed E-state index contributed by atoms with van der Waals surface area (Å²) in [5.41, 5.74) is 5.88. The third-order valence-electron chi connectivity index (χ3n) is 4.01. The van der Waals surface area contributed by atoms with Gasteiger partial charge in [0, 0.05) is 25.2 Å². The van der Waals surface area contributed by atoms with Gasteiger partial charge in [-0.05, 0) is 43.0 Å². The van der Waals surface area contributed by atoms with E-state index in [4.69, 9.17) is 16.0 Å². The van der Waals surface area contributed by atoms with Gasteiger partial charge in [-0.3, -0.25) is 0 Å². The number of carbonyl (C=O) groups is 1. The molecule has 1 amide bonds. The van der Waals surface area contributed by atoms with Crippen LogP contribution in [0.4, 0.5) is 4.79 Å². The highest BCUT2D eigenvalue weighted by atomic mass is 32.2. The number of nitrogens with two attached hydrogens (primary N) is 1. The minimum absolute atomic E-state index is 0.0920. The van der Waals surface area contributed by atoms with Gasteiger partial charge in [-0.1, -0.05) is 5.16 Å². The van der Waals surface area contributed by atoms with Gasteiger partial charge >= 0.3 is 6.09 Å². The average Bonchev–Trinajstić information content (AvgIpc) is 2.59. The van der Waals surface area contributed by atoms with E-state index in [2.05, 4.69) is 10.5 Å². The number of hydrogen-bond donors (Lipinski definition) is 4. The van der Waals surface area contributed by atoms with Gasteiger partial charge in [-0.25, -0.2) is 13.2 Å². The Labute approximate surface area is 139 Å². The summed E-state index contributed by atoms with van der Waals surface area (Å²) in [5, 5.41) is 22.4. The van der Waals surface area contributed by atoms with Crippen molar-refractivity contribution < 1.29 is 23.5 Å². The third kappa shape index (κ3) is 4.15. The van der Waals surface area contributed by atoms with Crippen LogP contribution in [-0.4, -0.2) is 54.6 Å². The number of benzene rings is 1. The van der Waals surface area contributed by atoms with E-state index >= 15 is 0 Å². The van der Waals surface area contributed by atoms with Crippen LogP contribution in [0, 0.1) is 5.92 Å². The molecule has 10 heteroatoms. The molecule has 0 saturated carbocycles. The Kier molecular flexibility index (Phi) is 5.62. The van der Waals surface area contributed by atoms with E-state index in [1.165, 1.54) is 28.6 Å². The van der Waals surface area contributed by atoms with Gasteiger partial charge < -0.3 is 21.4 Å². The Morgan fingerprint density at radius 2 is 1.88 bits per heavy atom. The van der Waals surface area contributed by atoms with E-state index in [0.29, 0.717) is 38.0 Å². The zero-order chi connectivity index (χ0) is 17.7. The van der Waals surface area contributed by atoms with E-state index in [1.54, 1.807) is 0 Å². The fraction of sp³-hybridized carbons (Fsp3) is 0.429. The van der Waals surface area contributed by atoms with Crippen molar-refractivity contribution in [3.05, 3.63) is 29.8 Å². The number of carboxylic acid groups (broad SMARTS) is 1. The predicted molar refractivity (Wildman–Crippen MR) is 86.5 cm³/mol. The molecule has 0 bridgehead atoms. The summed E-state index contributed by atoms with van der Waals surface area (Å²) in [5.74, 6) is 0.0428. The van der Waals surface area contributed by atoms with Gasteiger partial charge in [0.1, 0.15) is 0 Å². The van der Waals surface area contributed by atoms with Crippen molar-refractivity contribution in [3.8, 4) is 0 Å². The highest BCUT2D eigenvalue weighted by molar-refractivity contribution is 7.89. The van der Waals surface area contributed by atoms with E-state index in [0.717, 1.165) is 0 Å².